The fourth-order valence-electron chi connectivity index (χ4n) is 1.10. The maximum Gasteiger partial charge on any atom is 0.165 e. The van der Waals surface area contributed by atoms with Gasteiger partial charge in [-0.2, -0.15) is 10.4 Å². The van der Waals surface area contributed by atoms with Crippen LogP contribution in [-0.4, -0.2) is 15.4 Å². The molecule has 0 atom stereocenters. The Morgan fingerprint density at radius 3 is 2.69 bits per heavy atom. The molecule has 0 fully saturated rings. The summed E-state index contributed by atoms with van der Waals surface area (Å²) in [5.41, 5.74) is -0.151. The number of alkyl halides is 1. The van der Waals surface area contributed by atoms with Crippen molar-refractivity contribution in [3.05, 3.63) is 17.5 Å². The van der Waals surface area contributed by atoms with Crippen molar-refractivity contribution >= 4 is 0 Å². The smallest absolute Gasteiger partial charge is 0.165 e. The zero-order chi connectivity index (χ0) is 10.1. The molecule has 0 bridgehead atoms. The Morgan fingerprint density at radius 2 is 2.31 bits per heavy atom. The van der Waals surface area contributed by atoms with Gasteiger partial charge in [0.05, 0.1) is 6.54 Å². The van der Waals surface area contributed by atoms with Crippen LogP contribution >= 0.6 is 0 Å². The normalized spacial score (nSPS) is 11.3. The summed E-state index contributed by atoms with van der Waals surface area (Å²) in [4.78, 5) is 0. The van der Waals surface area contributed by atoms with Gasteiger partial charge in [0.25, 0.3) is 0 Å². The van der Waals surface area contributed by atoms with Crippen molar-refractivity contribution in [2.24, 2.45) is 0 Å². The van der Waals surface area contributed by atoms with Gasteiger partial charge >= 0.3 is 0 Å². The summed E-state index contributed by atoms with van der Waals surface area (Å²) >= 11 is 0. The van der Waals surface area contributed by atoms with Crippen molar-refractivity contribution in [1.29, 1.82) is 5.26 Å². The second-order valence-corrected chi connectivity index (χ2v) is 3.69. The van der Waals surface area contributed by atoms with Crippen LogP contribution in [0.4, 0.5) is 4.39 Å². The molecule has 0 spiro atoms. The Hall–Kier alpha value is -1.37. The number of rotatable bonds is 2. The van der Waals surface area contributed by atoms with Gasteiger partial charge in [-0.25, -0.2) is 4.39 Å². The van der Waals surface area contributed by atoms with Crippen LogP contribution in [0.25, 0.3) is 0 Å². The zero-order valence-corrected chi connectivity index (χ0v) is 8.00. The van der Waals surface area contributed by atoms with Gasteiger partial charge in [-0.05, 0) is 20.8 Å². The topological polar surface area (TPSA) is 41.6 Å². The van der Waals surface area contributed by atoms with Gasteiger partial charge in [-0.15, -0.1) is 0 Å². The van der Waals surface area contributed by atoms with Gasteiger partial charge in [-0.3, -0.25) is 4.68 Å². The third-order valence-corrected chi connectivity index (χ3v) is 1.59. The molecule has 70 valence electrons. The molecule has 0 aromatic carbocycles. The molecule has 1 aromatic rings. The van der Waals surface area contributed by atoms with Gasteiger partial charge in [0, 0.05) is 11.8 Å². The summed E-state index contributed by atoms with van der Waals surface area (Å²) in [6.07, 6.45) is 1.68. The second-order valence-electron chi connectivity index (χ2n) is 3.69. The Balaban J connectivity index is 2.87. The summed E-state index contributed by atoms with van der Waals surface area (Å²) < 4.78 is 14.6. The minimum Gasteiger partial charge on any atom is -0.268 e. The molecule has 0 saturated heterocycles. The molecule has 0 saturated carbocycles. The van der Waals surface area contributed by atoms with Crippen LogP contribution in [0.3, 0.4) is 0 Å². The van der Waals surface area contributed by atoms with Crippen LogP contribution < -0.4 is 0 Å². The van der Waals surface area contributed by atoms with Crippen molar-refractivity contribution in [3.8, 4) is 6.07 Å². The van der Waals surface area contributed by atoms with Crippen LogP contribution in [0.15, 0.2) is 6.20 Å². The number of hydrogen-bond acceptors (Lipinski definition) is 2. The lowest BCUT2D eigenvalue weighted by Crippen LogP contribution is -2.21. The predicted molar refractivity (Wildman–Crippen MR) is 46.9 cm³/mol. The average molecular weight is 181 g/mol. The highest BCUT2D eigenvalue weighted by atomic mass is 19.1. The maximum atomic E-state index is 13.2. The molecule has 1 aromatic heterocycles. The van der Waals surface area contributed by atoms with E-state index in [0.29, 0.717) is 5.69 Å². The highest BCUT2D eigenvalue weighted by Crippen LogP contribution is 2.12. The Bertz CT molecular complexity index is 341. The molecule has 0 unspecified atom stereocenters. The van der Waals surface area contributed by atoms with Gasteiger partial charge in [-0.1, -0.05) is 0 Å². The summed E-state index contributed by atoms with van der Waals surface area (Å²) in [6.45, 7) is 4.93. The van der Waals surface area contributed by atoms with Crippen molar-refractivity contribution < 1.29 is 4.39 Å². The van der Waals surface area contributed by atoms with Gasteiger partial charge in [0.15, 0.2) is 5.69 Å². The van der Waals surface area contributed by atoms with E-state index >= 15 is 0 Å². The van der Waals surface area contributed by atoms with E-state index in [9.17, 15) is 4.39 Å². The predicted octanol–water partition coefficient (Wildman–Crippen LogP) is 1.81. The van der Waals surface area contributed by atoms with E-state index in [-0.39, 0.29) is 6.54 Å². The molecule has 0 aliphatic carbocycles. The molecular formula is C9H12FN3. The molecule has 0 amide bonds. The van der Waals surface area contributed by atoms with Crippen molar-refractivity contribution in [3.63, 3.8) is 0 Å². The number of halogens is 1. The van der Waals surface area contributed by atoms with Gasteiger partial charge in [0.1, 0.15) is 11.7 Å². The molecule has 4 heteroatoms. The van der Waals surface area contributed by atoms with E-state index in [2.05, 4.69) is 5.10 Å². The molecule has 13 heavy (non-hydrogen) atoms. The highest BCUT2D eigenvalue weighted by Gasteiger charge is 2.17. The maximum absolute atomic E-state index is 13.2. The van der Waals surface area contributed by atoms with Crippen molar-refractivity contribution in [2.45, 2.75) is 33.0 Å². The van der Waals surface area contributed by atoms with Crippen molar-refractivity contribution in [2.75, 3.05) is 0 Å². The highest BCUT2D eigenvalue weighted by molar-refractivity contribution is 5.27. The molecule has 0 aliphatic heterocycles. The molecule has 3 nitrogen and oxygen atoms in total. The number of hydrogen-bond donors (Lipinski definition) is 0. The minimum absolute atomic E-state index is 0.176. The number of nitriles is 1. The van der Waals surface area contributed by atoms with Crippen molar-refractivity contribution in [1.82, 2.24) is 9.78 Å². The van der Waals surface area contributed by atoms with Crippen LogP contribution in [0.5, 0.6) is 0 Å². The summed E-state index contributed by atoms with van der Waals surface area (Å²) in [6, 6.07) is 1.95. The largest absolute Gasteiger partial charge is 0.268 e. The second kappa shape index (κ2) is 3.17. The molecule has 0 radical (unpaired) electrons. The number of nitrogens with zero attached hydrogens (tertiary/aromatic N) is 3. The van der Waals surface area contributed by atoms with E-state index in [1.165, 1.54) is 18.5 Å². The number of aryl methyl sites for hydroxylation is 1. The first kappa shape index (κ1) is 9.72. The summed E-state index contributed by atoms with van der Waals surface area (Å²) in [7, 11) is 0. The third-order valence-electron chi connectivity index (χ3n) is 1.59. The first-order chi connectivity index (χ1) is 5.92. The van der Waals surface area contributed by atoms with Gasteiger partial charge < -0.3 is 0 Å². The quantitative estimate of drug-likeness (QED) is 0.698. The fraction of sp³-hybridized carbons (Fsp3) is 0.556. The minimum atomic E-state index is -1.30. The fourth-order valence-corrected chi connectivity index (χ4v) is 1.10. The Kier molecular flexibility index (Phi) is 2.37. The van der Waals surface area contributed by atoms with Crippen LogP contribution in [0.1, 0.15) is 25.1 Å². The molecule has 0 N–H and O–H groups in total. The zero-order valence-electron chi connectivity index (χ0n) is 8.00. The van der Waals surface area contributed by atoms with E-state index in [0.717, 1.165) is 5.56 Å². The molecule has 1 heterocycles. The van der Waals surface area contributed by atoms with E-state index < -0.39 is 5.67 Å². The molecule has 0 aliphatic rings. The number of aromatic nitrogens is 2. The van der Waals surface area contributed by atoms with E-state index in [1.54, 1.807) is 13.1 Å². The summed E-state index contributed by atoms with van der Waals surface area (Å²) in [5, 5.41) is 12.5. The standard InChI is InChI=1S/C9H12FN3/c1-7-5-13(6-9(2,3)10)12-8(7)4-11/h5H,6H2,1-3H3. The lowest BCUT2D eigenvalue weighted by Gasteiger charge is -2.12. The Labute approximate surface area is 76.8 Å². The lowest BCUT2D eigenvalue weighted by molar-refractivity contribution is 0.179. The SMILES string of the molecule is Cc1cn(CC(C)(C)F)nc1C#N. The van der Waals surface area contributed by atoms with Crippen LogP contribution in [0, 0.1) is 18.3 Å². The van der Waals surface area contributed by atoms with E-state index in [4.69, 9.17) is 5.26 Å². The summed E-state index contributed by atoms with van der Waals surface area (Å²) in [5.74, 6) is 0. The molecule has 1 rings (SSSR count). The average Bonchev–Trinajstić information content (AvgIpc) is 2.26. The van der Waals surface area contributed by atoms with Gasteiger partial charge in [0.2, 0.25) is 0 Å². The van der Waals surface area contributed by atoms with Crippen LogP contribution in [0.2, 0.25) is 0 Å². The third kappa shape index (κ3) is 2.55. The van der Waals surface area contributed by atoms with E-state index in [1.807, 2.05) is 6.07 Å². The Morgan fingerprint density at radius 1 is 1.69 bits per heavy atom. The lowest BCUT2D eigenvalue weighted by atomic mass is 10.2. The monoisotopic (exact) mass is 181 g/mol. The molecular weight excluding hydrogens is 169 g/mol. The first-order valence-electron chi connectivity index (χ1n) is 4.05. The van der Waals surface area contributed by atoms with Crippen LogP contribution in [-0.2, 0) is 6.54 Å². The first-order valence-corrected chi connectivity index (χ1v) is 4.05.